The Labute approximate surface area is 90.2 Å². The summed E-state index contributed by atoms with van der Waals surface area (Å²) in [6.45, 7) is 2.21. The van der Waals surface area contributed by atoms with Gasteiger partial charge in [-0.05, 0) is 24.3 Å². The maximum atomic E-state index is 8.53. The Morgan fingerprint density at radius 2 is 2.29 bits per heavy atom. The second kappa shape index (κ2) is 6.90. The predicted octanol–water partition coefficient (Wildman–Crippen LogP) is 2.78. The molecule has 0 aliphatic heterocycles. The van der Waals surface area contributed by atoms with Crippen LogP contribution in [0.3, 0.4) is 0 Å². The highest BCUT2D eigenvalue weighted by molar-refractivity contribution is 7.12. The molecule has 0 amide bonds. The molecule has 0 saturated carbocycles. The molecule has 0 atom stereocenters. The molecule has 2 nitrogen and oxygen atoms in total. The monoisotopic (exact) mass is 211 g/mol. The highest BCUT2D eigenvalue weighted by Gasteiger charge is 2.05. The minimum atomic E-state index is 0.751. The van der Waals surface area contributed by atoms with Crippen LogP contribution in [0.1, 0.15) is 38.2 Å². The van der Waals surface area contributed by atoms with Crippen LogP contribution in [0.2, 0.25) is 0 Å². The molecular formula is C10H16BO2S. The van der Waals surface area contributed by atoms with Gasteiger partial charge in [-0.2, -0.15) is 0 Å². The van der Waals surface area contributed by atoms with E-state index in [1.807, 2.05) is 5.38 Å². The number of hydrogen-bond acceptors (Lipinski definition) is 3. The molecule has 0 fully saturated rings. The average molecular weight is 211 g/mol. The third-order valence-electron chi connectivity index (χ3n) is 2.17. The van der Waals surface area contributed by atoms with E-state index in [4.69, 9.17) is 9.68 Å². The van der Waals surface area contributed by atoms with E-state index in [2.05, 4.69) is 13.0 Å². The second-order valence-electron chi connectivity index (χ2n) is 3.27. The molecule has 4 heteroatoms. The lowest BCUT2D eigenvalue weighted by Crippen LogP contribution is -2.00. The standard InChI is InChI=1S/C10H16BO2S/c1-2-3-4-5-6-9-7-8-14-10(9)13-11-12/h7-8,12H,2-6H2,1H3. The molecule has 0 saturated heterocycles. The highest BCUT2D eigenvalue weighted by Crippen LogP contribution is 2.27. The molecule has 77 valence electrons. The lowest BCUT2D eigenvalue weighted by molar-refractivity contribution is 0.457. The molecule has 0 aliphatic carbocycles. The summed E-state index contributed by atoms with van der Waals surface area (Å²) in [4.78, 5) is 0. The van der Waals surface area contributed by atoms with Crippen LogP contribution in [0.25, 0.3) is 0 Å². The maximum Gasteiger partial charge on any atom is 0.569 e. The van der Waals surface area contributed by atoms with E-state index in [1.165, 1.54) is 42.6 Å². The van der Waals surface area contributed by atoms with Crippen molar-refractivity contribution in [1.82, 2.24) is 0 Å². The van der Waals surface area contributed by atoms with Gasteiger partial charge in [0.15, 0.2) is 5.06 Å². The molecule has 1 N–H and O–H groups in total. The first-order valence-corrected chi connectivity index (χ1v) is 5.95. The Balaban J connectivity index is 2.30. The van der Waals surface area contributed by atoms with Crippen molar-refractivity contribution in [3.05, 3.63) is 17.0 Å². The van der Waals surface area contributed by atoms with Crippen molar-refractivity contribution in [2.24, 2.45) is 0 Å². The molecular weight excluding hydrogens is 195 g/mol. The maximum absolute atomic E-state index is 8.53. The summed E-state index contributed by atoms with van der Waals surface area (Å²) < 4.78 is 4.98. The van der Waals surface area contributed by atoms with E-state index in [9.17, 15) is 0 Å². The predicted molar refractivity (Wildman–Crippen MR) is 60.8 cm³/mol. The summed E-state index contributed by atoms with van der Waals surface area (Å²) in [5.74, 6) is 0. The van der Waals surface area contributed by atoms with Gasteiger partial charge in [0.25, 0.3) is 0 Å². The SMILES string of the molecule is CCCCCCc1ccsc1O[B]O. The summed E-state index contributed by atoms with van der Waals surface area (Å²) in [7, 11) is 0.751. The van der Waals surface area contributed by atoms with Crippen molar-refractivity contribution < 1.29 is 9.68 Å². The molecule has 14 heavy (non-hydrogen) atoms. The first-order chi connectivity index (χ1) is 6.88. The van der Waals surface area contributed by atoms with Gasteiger partial charge in [0.2, 0.25) is 0 Å². The smallest absolute Gasteiger partial charge is 0.530 e. The lowest BCUT2D eigenvalue weighted by atomic mass is 10.1. The molecule has 1 aromatic rings. The van der Waals surface area contributed by atoms with Crippen LogP contribution in [-0.2, 0) is 6.42 Å². The van der Waals surface area contributed by atoms with E-state index in [-0.39, 0.29) is 0 Å². The first kappa shape index (κ1) is 11.6. The van der Waals surface area contributed by atoms with Gasteiger partial charge in [-0.3, -0.25) is 0 Å². The van der Waals surface area contributed by atoms with Gasteiger partial charge in [0.1, 0.15) is 0 Å². The van der Waals surface area contributed by atoms with Gasteiger partial charge >= 0.3 is 7.69 Å². The fraction of sp³-hybridized carbons (Fsp3) is 0.600. The normalized spacial score (nSPS) is 10.1. The van der Waals surface area contributed by atoms with E-state index < -0.39 is 0 Å². The molecule has 0 bridgehead atoms. The van der Waals surface area contributed by atoms with Gasteiger partial charge in [-0.1, -0.05) is 26.2 Å². The van der Waals surface area contributed by atoms with Gasteiger partial charge in [0, 0.05) is 5.56 Å². The van der Waals surface area contributed by atoms with Crippen LogP contribution < -0.4 is 4.65 Å². The van der Waals surface area contributed by atoms with Gasteiger partial charge in [0.05, 0.1) is 0 Å². The molecule has 0 spiro atoms. The fourth-order valence-electron chi connectivity index (χ4n) is 1.40. The summed E-state index contributed by atoms with van der Waals surface area (Å²) in [5, 5.41) is 11.3. The third kappa shape index (κ3) is 3.72. The van der Waals surface area contributed by atoms with Crippen LogP contribution in [0.5, 0.6) is 5.06 Å². The van der Waals surface area contributed by atoms with E-state index in [0.717, 1.165) is 19.2 Å². The van der Waals surface area contributed by atoms with E-state index in [0.29, 0.717) is 0 Å². The Kier molecular flexibility index (Phi) is 5.72. The number of unbranched alkanes of at least 4 members (excludes halogenated alkanes) is 3. The van der Waals surface area contributed by atoms with Crippen LogP contribution >= 0.6 is 11.3 Å². The van der Waals surface area contributed by atoms with Crippen molar-refractivity contribution >= 4 is 19.0 Å². The molecule has 1 heterocycles. The Morgan fingerprint density at radius 1 is 1.43 bits per heavy atom. The van der Waals surface area contributed by atoms with Crippen molar-refractivity contribution in [2.75, 3.05) is 0 Å². The van der Waals surface area contributed by atoms with Gasteiger partial charge in [-0.25, -0.2) is 0 Å². The minimum Gasteiger partial charge on any atom is -0.530 e. The minimum absolute atomic E-state index is 0.751. The van der Waals surface area contributed by atoms with Crippen LogP contribution in [-0.4, -0.2) is 12.7 Å². The Bertz CT molecular complexity index is 250. The van der Waals surface area contributed by atoms with Crippen LogP contribution in [0.15, 0.2) is 11.4 Å². The van der Waals surface area contributed by atoms with Crippen molar-refractivity contribution in [3.8, 4) is 5.06 Å². The summed E-state index contributed by atoms with van der Waals surface area (Å²) >= 11 is 1.52. The fourth-order valence-corrected chi connectivity index (χ4v) is 2.18. The number of hydrogen-bond donors (Lipinski definition) is 1. The summed E-state index contributed by atoms with van der Waals surface area (Å²) in [5.41, 5.74) is 1.21. The van der Waals surface area contributed by atoms with Gasteiger partial charge < -0.3 is 9.68 Å². The topological polar surface area (TPSA) is 29.5 Å². The van der Waals surface area contributed by atoms with E-state index >= 15 is 0 Å². The van der Waals surface area contributed by atoms with Crippen LogP contribution in [0, 0.1) is 0 Å². The number of rotatable bonds is 7. The van der Waals surface area contributed by atoms with E-state index in [1.54, 1.807) is 0 Å². The molecule has 0 unspecified atom stereocenters. The Morgan fingerprint density at radius 3 is 3.00 bits per heavy atom. The third-order valence-corrected chi connectivity index (χ3v) is 3.01. The van der Waals surface area contributed by atoms with Gasteiger partial charge in [-0.15, -0.1) is 11.3 Å². The Hall–Kier alpha value is -0.475. The van der Waals surface area contributed by atoms with Crippen molar-refractivity contribution in [3.63, 3.8) is 0 Å². The summed E-state index contributed by atoms with van der Waals surface area (Å²) in [6.07, 6.45) is 6.08. The highest BCUT2D eigenvalue weighted by atomic mass is 32.1. The zero-order valence-corrected chi connectivity index (χ0v) is 9.35. The average Bonchev–Trinajstić information content (AvgIpc) is 2.61. The zero-order chi connectivity index (χ0) is 10.2. The zero-order valence-electron chi connectivity index (χ0n) is 8.53. The molecule has 0 aromatic carbocycles. The second-order valence-corrected chi connectivity index (χ2v) is 4.15. The van der Waals surface area contributed by atoms with Crippen molar-refractivity contribution in [2.45, 2.75) is 39.0 Å². The quantitative estimate of drug-likeness (QED) is 0.555. The number of aryl methyl sites for hydroxylation is 1. The molecule has 1 aromatic heterocycles. The molecule has 1 rings (SSSR count). The van der Waals surface area contributed by atoms with Crippen molar-refractivity contribution in [1.29, 1.82) is 0 Å². The first-order valence-electron chi connectivity index (χ1n) is 5.07. The number of thiophene rings is 1. The lowest BCUT2D eigenvalue weighted by Gasteiger charge is -2.02. The van der Waals surface area contributed by atoms with Crippen LogP contribution in [0.4, 0.5) is 0 Å². The summed E-state index contributed by atoms with van der Waals surface area (Å²) in [6, 6.07) is 2.06. The largest absolute Gasteiger partial charge is 0.569 e. The molecule has 1 radical (unpaired) electrons. The molecule has 0 aliphatic rings.